The highest BCUT2D eigenvalue weighted by Crippen LogP contribution is 2.31. The number of carbonyl (C=O) groups is 1. The number of aryl methyl sites for hydroxylation is 3. The van der Waals surface area contributed by atoms with E-state index in [1.165, 1.54) is 10.6 Å². The number of hydrogen-bond acceptors (Lipinski definition) is 4. The number of hydrogen-bond donors (Lipinski definition) is 1. The third-order valence-electron chi connectivity index (χ3n) is 6.49. The number of nitrogens with zero attached hydrogens (tertiary/aromatic N) is 2. The smallest absolute Gasteiger partial charge is 0.335 e. The van der Waals surface area contributed by atoms with Crippen molar-refractivity contribution in [3.63, 3.8) is 0 Å². The maximum Gasteiger partial charge on any atom is 0.335 e. The molecule has 1 fully saturated rings. The minimum absolute atomic E-state index is 0.121. The Hall–Kier alpha value is -3.36. The quantitative estimate of drug-likeness (QED) is 0.500. The highest BCUT2D eigenvalue weighted by molar-refractivity contribution is 7.89. The number of nitrogens with one attached hydrogen (secondary N) is 1. The Morgan fingerprint density at radius 1 is 0.943 bits per heavy atom. The van der Waals surface area contributed by atoms with Gasteiger partial charge < -0.3 is 9.64 Å². The van der Waals surface area contributed by atoms with Crippen LogP contribution in [0.25, 0.3) is 0 Å². The molecule has 0 bridgehead atoms. The molecule has 4 rings (SSSR count). The van der Waals surface area contributed by atoms with Gasteiger partial charge in [0.15, 0.2) is 0 Å². The highest BCUT2D eigenvalue weighted by atomic mass is 32.2. The summed E-state index contributed by atoms with van der Waals surface area (Å²) in [6.45, 7) is 6.64. The number of rotatable bonds is 8. The van der Waals surface area contributed by atoms with E-state index in [-0.39, 0.29) is 23.5 Å². The van der Waals surface area contributed by atoms with Crippen molar-refractivity contribution < 1.29 is 17.9 Å². The van der Waals surface area contributed by atoms with E-state index < -0.39 is 10.0 Å². The van der Waals surface area contributed by atoms with Gasteiger partial charge in [0.1, 0.15) is 5.75 Å². The van der Waals surface area contributed by atoms with E-state index in [2.05, 4.69) is 10.9 Å². The fourth-order valence-electron chi connectivity index (χ4n) is 4.18. The Morgan fingerprint density at radius 2 is 1.63 bits per heavy atom. The summed E-state index contributed by atoms with van der Waals surface area (Å²) in [6, 6.07) is 19.8. The SMILES string of the molecule is COc1ccc(CCN2C(=O)N(NS(=O)(=O)c3ccc(C)cc3)CC2c2ccc(C)c(C)c2)cc1. The van der Waals surface area contributed by atoms with Crippen LogP contribution in [0, 0.1) is 20.8 Å². The summed E-state index contributed by atoms with van der Waals surface area (Å²) in [5, 5.41) is 1.21. The Bertz CT molecular complexity index is 1310. The number of amides is 2. The summed E-state index contributed by atoms with van der Waals surface area (Å²) in [5.41, 5.74) is 5.30. The molecule has 1 atom stereocenters. The third kappa shape index (κ3) is 5.49. The number of carbonyl (C=O) groups excluding carboxylic acids is 1. The number of ether oxygens (including phenoxy) is 1. The average molecular weight is 494 g/mol. The minimum atomic E-state index is -3.90. The summed E-state index contributed by atoms with van der Waals surface area (Å²) >= 11 is 0. The van der Waals surface area contributed by atoms with E-state index in [4.69, 9.17) is 4.74 Å². The molecule has 0 aromatic heterocycles. The molecule has 0 aliphatic carbocycles. The third-order valence-corrected chi connectivity index (χ3v) is 7.84. The second-order valence-corrected chi connectivity index (χ2v) is 10.6. The summed E-state index contributed by atoms with van der Waals surface area (Å²) in [4.78, 5) is 17.8. The lowest BCUT2D eigenvalue weighted by Crippen LogP contribution is -2.45. The summed E-state index contributed by atoms with van der Waals surface area (Å²) in [7, 11) is -2.27. The van der Waals surface area contributed by atoms with Crippen LogP contribution in [0.5, 0.6) is 5.75 Å². The second kappa shape index (κ2) is 10.1. The van der Waals surface area contributed by atoms with Crippen LogP contribution in [0.3, 0.4) is 0 Å². The van der Waals surface area contributed by atoms with Crippen molar-refractivity contribution in [1.29, 1.82) is 0 Å². The number of benzene rings is 3. The molecule has 1 N–H and O–H groups in total. The van der Waals surface area contributed by atoms with Gasteiger partial charge in [-0.05, 0) is 73.7 Å². The first-order chi connectivity index (χ1) is 16.7. The molecule has 1 unspecified atom stereocenters. The maximum atomic E-state index is 13.4. The largest absolute Gasteiger partial charge is 0.497 e. The molecule has 3 aromatic rings. The van der Waals surface area contributed by atoms with Crippen LogP contribution >= 0.6 is 0 Å². The fraction of sp³-hybridized carbons (Fsp3) is 0.296. The van der Waals surface area contributed by atoms with Crippen molar-refractivity contribution in [2.75, 3.05) is 20.2 Å². The van der Waals surface area contributed by atoms with Crippen LogP contribution in [-0.2, 0) is 16.4 Å². The van der Waals surface area contributed by atoms with Crippen molar-refractivity contribution in [3.05, 3.63) is 94.5 Å². The van der Waals surface area contributed by atoms with E-state index in [1.807, 2.05) is 57.2 Å². The molecule has 0 spiro atoms. The fourth-order valence-corrected chi connectivity index (χ4v) is 5.22. The Balaban J connectivity index is 1.58. The van der Waals surface area contributed by atoms with Crippen LogP contribution < -0.4 is 9.57 Å². The lowest BCUT2D eigenvalue weighted by Gasteiger charge is -2.24. The molecular weight excluding hydrogens is 462 g/mol. The van der Waals surface area contributed by atoms with Gasteiger partial charge in [0.25, 0.3) is 10.0 Å². The molecule has 0 saturated carbocycles. The predicted molar refractivity (Wildman–Crippen MR) is 136 cm³/mol. The zero-order valence-electron chi connectivity index (χ0n) is 20.5. The number of hydrazine groups is 1. The maximum absolute atomic E-state index is 13.4. The van der Waals surface area contributed by atoms with Crippen LogP contribution in [0.2, 0.25) is 0 Å². The van der Waals surface area contributed by atoms with Crippen molar-refractivity contribution in [1.82, 2.24) is 14.7 Å². The topological polar surface area (TPSA) is 79.0 Å². The standard InChI is InChI=1S/C27H31N3O4S/c1-19-5-13-25(14-6-19)35(32,33)28-30-18-26(23-10-7-20(2)21(3)17-23)29(27(30)31)16-15-22-8-11-24(34-4)12-9-22/h5-14,17,26,28H,15-16,18H2,1-4H3. The van der Waals surface area contributed by atoms with Gasteiger partial charge in [0.2, 0.25) is 0 Å². The second-order valence-electron chi connectivity index (χ2n) is 8.95. The average Bonchev–Trinajstić information content (AvgIpc) is 3.14. The number of urea groups is 1. The molecule has 3 aromatic carbocycles. The van der Waals surface area contributed by atoms with Crippen molar-refractivity contribution in [2.45, 2.75) is 38.1 Å². The molecule has 35 heavy (non-hydrogen) atoms. The zero-order chi connectivity index (χ0) is 25.2. The van der Waals surface area contributed by atoms with Gasteiger partial charge in [-0.3, -0.25) is 0 Å². The van der Waals surface area contributed by atoms with Crippen molar-refractivity contribution in [3.8, 4) is 5.75 Å². The van der Waals surface area contributed by atoms with Gasteiger partial charge in [-0.25, -0.2) is 18.2 Å². The molecule has 184 valence electrons. The first kappa shape index (κ1) is 24.8. The Labute approximate surface area is 207 Å². The van der Waals surface area contributed by atoms with Gasteiger partial charge in [-0.1, -0.05) is 48.0 Å². The van der Waals surface area contributed by atoms with Gasteiger partial charge >= 0.3 is 6.03 Å². The molecule has 8 heteroatoms. The van der Waals surface area contributed by atoms with E-state index >= 15 is 0 Å². The summed E-state index contributed by atoms with van der Waals surface area (Å²) in [6.07, 6.45) is 0.635. The minimum Gasteiger partial charge on any atom is -0.497 e. The summed E-state index contributed by atoms with van der Waals surface area (Å²) in [5.74, 6) is 0.774. The lowest BCUT2D eigenvalue weighted by molar-refractivity contribution is 0.182. The van der Waals surface area contributed by atoms with Crippen LogP contribution in [-0.4, -0.2) is 44.6 Å². The molecule has 1 heterocycles. The van der Waals surface area contributed by atoms with Gasteiger partial charge in [-0.2, -0.15) is 0 Å². The van der Waals surface area contributed by atoms with E-state index in [0.29, 0.717) is 13.0 Å². The molecular formula is C27H31N3O4S. The highest BCUT2D eigenvalue weighted by Gasteiger charge is 2.40. The molecule has 1 saturated heterocycles. The first-order valence-corrected chi connectivity index (χ1v) is 13.0. The van der Waals surface area contributed by atoms with E-state index in [9.17, 15) is 13.2 Å². The van der Waals surface area contributed by atoms with Gasteiger partial charge in [0, 0.05) is 6.54 Å². The van der Waals surface area contributed by atoms with Crippen LogP contribution in [0.4, 0.5) is 4.79 Å². The Morgan fingerprint density at radius 3 is 2.26 bits per heavy atom. The Kier molecular flexibility index (Phi) is 7.14. The summed E-state index contributed by atoms with van der Waals surface area (Å²) < 4.78 is 31.2. The molecule has 7 nitrogen and oxygen atoms in total. The lowest BCUT2D eigenvalue weighted by atomic mass is 10.0. The number of sulfonamides is 1. The molecule has 1 aliphatic rings. The predicted octanol–water partition coefficient (Wildman–Crippen LogP) is 4.54. The number of methoxy groups -OCH3 is 1. The molecule has 2 amide bonds. The van der Waals surface area contributed by atoms with Gasteiger partial charge in [-0.15, -0.1) is 4.83 Å². The molecule has 0 radical (unpaired) electrons. The zero-order valence-corrected chi connectivity index (χ0v) is 21.3. The van der Waals surface area contributed by atoms with Crippen molar-refractivity contribution in [2.24, 2.45) is 0 Å². The monoisotopic (exact) mass is 493 g/mol. The normalized spacial score (nSPS) is 16.1. The first-order valence-electron chi connectivity index (χ1n) is 11.6. The van der Waals surface area contributed by atoms with Crippen molar-refractivity contribution >= 4 is 16.1 Å². The van der Waals surface area contributed by atoms with E-state index in [0.717, 1.165) is 28.0 Å². The van der Waals surface area contributed by atoms with Crippen LogP contribution in [0.15, 0.2) is 71.6 Å². The van der Waals surface area contributed by atoms with E-state index in [1.54, 1.807) is 36.3 Å². The molecule has 1 aliphatic heterocycles. The van der Waals surface area contributed by atoms with Gasteiger partial charge in [0.05, 0.1) is 24.6 Å². The van der Waals surface area contributed by atoms with Crippen LogP contribution in [0.1, 0.15) is 33.9 Å².